The largest absolute Gasteiger partial charge is 3.00 e. The molecule has 1 aromatic rings. The average molecular weight is 492 g/mol. The standard InChI is InChI=1S/C23H25Si.2ClH.Zr/c1-16-10-11-19-18(14-16)15-21-20(19)12-13-23(2,24(3,4)5)22(21)17-8-6-7-9-17;;;/h6-8,10-14H,9H2,1-5H3;2*1H;/q-1;;;+3/p-2. The minimum atomic E-state index is -1.45. The molecule has 0 nitrogen and oxygen atoms in total. The van der Waals surface area contributed by atoms with Crippen LogP contribution in [0.1, 0.15) is 18.9 Å². The van der Waals surface area contributed by atoms with E-state index in [1.165, 1.54) is 38.3 Å². The third-order valence-corrected chi connectivity index (χ3v) is 9.53. The molecule has 0 saturated heterocycles. The van der Waals surface area contributed by atoms with Crippen molar-refractivity contribution in [1.29, 1.82) is 0 Å². The van der Waals surface area contributed by atoms with E-state index in [4.69, 9.17) is 0 Å². The van der Waals surface area contributed by atoms with E-state index in [9.17, 15) is 0 Å². The van der Waals surface area contributed by atoms with Gasteiger partial charge in [-0.3, -0.25) is 0 Å². The first-order valence-corrected chi connectivity index (χ1v) is 12.4. The molecule has 1 radical (unpaired) electrons. The van der Waals surface area contributed by atoms with Crippen molar-refractivity contribution in [3.63, 3.8) is 0 Å². The van der Waals surface area contributed by atoms with E-state index in [-0.39, 0.29) is 56.1 Å². The smallest absolute Gasteiger partial charge is 1.00 e. The summed E-state index contributed by atoms with van der Waals surface area (Å²) in [5, 5.41) is 2.75. The summed E-state index contributed by atoms with van der Waals surface area (Å²) in [7, 11) is -1.45. The van der Waals surface area contributed by atoms with Gasteiger partial charge in [-0.25, -0.2) is 0 Å². The summed E-state index contributed by atoms with van der Waals surface area (Å²) in [4.78, 5) is 0. The first kappa shape index (κ1) is 24.6. The first-order valence-electron chi connectivity index (χ1n) is 8.87. The number of aryl methyl sites for hydroxylation is 1. The Kier molecular flexibility index (Phi) is 7.79. The van der Waals surface area contributed by atoms with Crippen LogP contribution in [0.5, 0.6) is 0 Å². The van der Waals surface area contributed by atoms with Crippen molar-refractivity contribution in [2.75, 3.05) is 0 Å². The Morgan fingerprint density at radius 2 is 1.81 bits per heavy atom. The molecule has 1 atom stereocenters. The molecule has 0 saturated carbocycles. The summed E-state index contributed by atoms with van der Waals surface area (Å²) in [6.07, 6.45) is 16.5. The number of hydrogen-bond donors (Lipinski definition) is 0. The molecule has 0 amide bonds. The first-order chi connectivity index (χ1) is 11.3. The van der Waals surface area contributed by atoms with Gasteiger partial charge in [0.2, 0.25) is 0 Å². The van der Waals surface area contributed by atoms with Crippen molar-refractivity contribution in [3.8, 4) is 0 Å². The molecule has 139 valence electrons. The van der Waals surface area contributed by atoms with Crippen LogP contribution in [0.3, 0.4) is 0 Å². The SMILES string of the molecule is Cc1ccc2c(c1)=[C-]C1=C(C3=CC=CC3)C(C)([Si](C)(C)C)C=CC=21.[Cl-].[Cl-].[Zr+3]. The molecule has 4 heteroatoms. The van der Waals surface area contributed by atoms with Crippen LogP contribution in [-0.2, 0) is 26.2 Å². The predicted molar refractivity (Wildman–Crippen MR) is 107 cm³/mol. The molecule has 4 rings (SSSR count). The van der Waals surface area contributed by atoms with E-state index in [2.05, 4.69) is 88.1 Å². The van der Waals surface area contributed by atoms with Crippen molar-refractivity contribution >= 4 is 19.7 Å². The van der Waals surface area contributed by atoms with Crippen molar-refractivity contribution in [2.24, 2.45) is 0 Å². The fourth-order valence-corrected chi connectivity index (χ4v) is 5.67. The van der Waals surface area contributed by atoms with Crippen LogP contribution >= 0.6 is 0 Å². The number of benzene rings is 1. The fourth-order valence-electron chi connectivity index (χ4n) is 4.05. The van der Waals surface area contributed by atoms with Gasteiger partial charge in [0, 0.05) is 0 Å². The second-order valence-corrected chi connectivity index (χ2v) is 14.0. The molecule has 0 N–H and O–H groups in total. The van der Waals surface area contributed by atoms with Gasteiger partial charge in [0.05, 0.1) is 8.07 Å². The van der Waals surface area contributed by atoms with Crippen LogP contribution in [0.4, 0.5) is 0 Å². The topological polar surface area (TPSA) is 0 Å². The Bertz CT molecular complexity index is 990. The Morgan fingerprint density at radius 3 is 2.41 bits per heavy atom. The molecule has 0 aromatic heterocycles. The predicted octanol–water partition coefficient (Wildman–Crippen LogP) is -1.33. The molecule has 3 aliphatic rings. The van der Waals surface area contributed by atoms with Crippen molar-refractivity contribution in [1.82, 2.24) is 0 Å². The van der Waals surface area contributed by atoms with Gasteiger partial charge in [-0.1, -0.05) is 85.8 Å². The molecule has 1 unspecified atom stereocenters. The van der Waals surface area contributed by atoms with Crippen molar-refractivity contribution < 1.29 is 51.0 Å². The van der Waals surface area contributed by atoms with Gasteiger partial charge in [0.1, 0.15) is 0 Å². The molecule has 0 spiro atoms. The Labute approximate surface area is 195 Å². The molecule has 3 aliphatic carbocycles. The summed E-state index contributed by atoms with van der Waals surface area (Å²) in [6, 6.07) is 6.75. The van der Waals surface area contributed by atoms with E-state index in [0.717, 1.165) is 6.42 Å². The summed E-state index contributed by atoms with van der Waals surface area (Å²) >= 11 is 0. The quantitative estimate of drug-likeness (QED) is 0.356. The number of allylic oxidation sites excluding steroid dienone is 8. The monoisotopic (exact) mass is 489 g/mol. The maximum atomic E-state index is 3.78. The van der Waals surface area contributed by atoms with Crippen LogP contribution in [0.2, 0.25) is 24.7 Å². The second-order valence-electron chi connectivity index (χ2n) is 8.45. The van der Waals surface area contributed by atoms with Crippen LogP contribution in [0, 0.1) is 6.92 Å². The van der Waals surface area contributed by atoms with E-state index in [1.54, 1.807) is 0 Å². The third-order valence-electron chi connectivity index (χ3n) is 6.00. The van der Waals surface area contributed by atoms with Gasteiger partial charge in [-0.15, -0.1) is 33.7 Å². The van der Waals surface area contributed by atoms with Gasteiger partial charge in [-0.05, 0) is 18.4 Å². The molecule has 0 fully saturated rings. The average Bonchev–Trinajstić information content (AvgIpc) is 3.12. The van der Waals surface area contributed by atoms with E-state index in [0.29, 0.717) is 0 Å². The van der Waals surface area contributed by atoms with E-state index < -0.39 is 8.07 Å². The Balaban J connectivity index is 0.00000121. The molecular weight excluding hydrogens is 466 g/mol. The molecule has 27 heavy (non-hydrogen) atoms. The van der Waals surface area contributed by atoms with Gasteiger partial charge in [0.15, 0.2) is 0 Å². The number of halogens is 2. The number of hydrogen-bond acceptors (Lipinski definition) is 0. The van der Waals surface area contributed by atoms with E-state index >= 15 is 0 Å². The second kappa shape index (κ2) is 8.54. The minimum Gasteiger partial charge on any atom is -1.00 e. The number of fused-ring (bicyclic) bond motifs is 2. The fraction of sp³-hybridized carbons (Fsp3) is 0.304. The molecular formula is C23H25Cl2SiZr. The van der Waals surface area contributed by atoms with Crippen LogP contribution < -0.4 is 35.3 Å². The summed E-state index contributed by atoms with van der Waals surface area (Å²) in [5.41, 5.74) is 7.02. The van der Waals surface area contributed by atoms with Gasteiger partial charge in [-0.2, -0.15) is 0 Å². The van der Waals surface area contributed by atoms with Gasteiger partial charge in [0.25, 0.3) is 0 Å². The Hall–Kier alpha value is -0.400. The maximum absolute atomic E-state index is 3.78. The maximum Gasteiger partial charge on any atom is 3.00 e. The molecule has 0 aliphatic heterocycles. The number of rotatable bonds is 2. The van der Waals surface area contributed by atoms with Gasteiger partial charge < -0.3 is 24.8 Å². The van der Waals surface area contributed by atoms with Crippen LogP contribution in [0.25, 0.3) is 11.6 Å². The van der Waals surface area contributed by atoms with Crippen molar-refractivity contribution in [3.05, 3.63) is 81.3 Å². The zero-order valence-electron chi connectivity index (χ0n) is 16.6. The zero-order valence-corrected chi connectivity index (χ0v) is 21.6. The normalized spacial score (nSPS) is 22.1. The zero-order chi connectivity index (χ0) is 17.1. The molecule has 0 heterocycles. The van der Waals surface area contributed by atoms with Crippen molar-refractivity contribution in [2.45, 2.75) is 44.9 Å². The Morgan fingerprint density at radius 1 is 1.11 bits per heavy atom. The summed E-state index contributed by atoms with van der Waals surface area (Å²) in [5.74, 6) is 0. The third kappa shape index (κ3) is 3.88. The van der Waals surface area contributed by atoms with Crippen LogP contribution in [-0.4, -0.2) is 8.07 Å². The van der Waals surface area contributed by atoms with E-state index in [1.807, 2.05) is 0 Å². The minimum absolute atomic E-state index is 0. The summed E-state index contributed by atoms with van der Waals surface area (Å²) in [6.45, 7) is 12.1. The molecule has 0 bridgehead atoms. The van der Waals surface area contributed by atoms with Gasteiger partial charge >= 0.3 is 26.2 Å². The summed E-state index contributed by atoms with van der Waals surface area (Å²) < 4.78 is 0. The van der Waals surface area contributed by atoms with Crippen LogP contribution in [0.15, 0.2) is 65.3 Å². The molecule has 1 aromatic carbocycles.